The summed E-state index contributed by atoms with van der Waals surface area (Å²) >= 11 is 5.56. The second-order valence-corrected chi connectivity index (χ2v) is 7.91. The zero-order valence-corrected chi connectivity index (χ0v) is 15.1. The second kappa shape index (κ2) is 6.75. The third kappa shape index (κ3) is 3.52. The summed E-state index contributed by atoms with van der Waals surface area (Å²) in [6.45, 7) is 0. The molecule has 0 aliphatic carbocycles. The van der Waals surface area contributed by atoms with Crippen molar-refractivity contribution < 1.29 is 13.2 Å². The Kier molecular flexibility index (Phi) is 4.64. The molecule has 0 saturated heterocycles. The van der Waals surface area contributed by atoms with Gasteiger partial charge in [0.2, 0.25) is 0 Å². The molecule has 0 N–H and O–H groups in total. The van der Waals surface area contributed by atoms with Crippen LogP contribution in [0.2, 0.25) is 0 Å². The first-order valence-electron chi connectivity index (χ1n) is 7.40. The van der Waals surface area contributed by atoms with Crippen LogP contribution in [0.3, 0.4) is 0 Å². The fraction of sp³-hybridized carbons (Fsp3) is 0.0556. The predicted octanol–water partition coefficient (Wildman–Crippen LogP) is 3.19. The van der Waals surface area contributed by atoms with Gasteiger partial charge in [-0.3, -0.25) is 4.79 Å². The van der Waals surface area contributed by atoms with Gasteiger partial charge in [0.15, 0.2) is 9.84 Å². The number of aromatic nitrogens is 2. The number of nitriles is 1. The Hall–Kier alpha value is -2.95. The molecule has 8 heteroatoms. The molecule has 2 aromatic carbocycles. The number of hydrogen-bond donors (Lipinski definition) is 0. The molecule has 26 heavy (non-hydrogen) atoms. The fourth-order valence-electron chi connectivity index (χ4n) is 2.43. The molecule has 0 fully saturated rings. The van der Waals surface area contributed by atoms with Gasteiger partial charge in [-0.1, -0.05) is 12.1 Å². The maximum absolute atomic E-state index is 11.6. The first kappa shape index (κ1) is 17.9. The predicted molar refractivity (Wildman–Crippen MR) is 97.0 cm³/mol. The minimum atomic E-state index is -3.31. The molecule has 6 nitrogen and oxygen atoms in total. The average molecular weight is 386 g/mol. The minimum absolute atomic E-state index is 0.0678. The van der Waals surface area contributed by atoms with Crippen molar-refractivity contribution in [1.82, 2.24) is 9.78 Å². The zero-order chi connectivity index (χ0) is 18.9. The largest absolute Gasteiger partial charge is 0.274 e. The van der Waals surface area contributed by atoms with Gasteiger partial charge in [0.25, 0.3) is 5.24 Å². The molecule has 1 aromatic heterocycles. The van der Waals surface area contributed by atoms with E-state index in [-0.39, 0.29) is 10.6 Å². The van der Waals surface area contributed by atoms with Gasteiger partial charge in [0, 0.05) is 11.8 Å². The van der Waals surface area contributed by atoms with E-state index in [0.29, 0.717) is 22.5 Å². The van der Waals surface area contributed by atoms with Crippen LogP contribution in [-0.4, -0.2) is 29.7 Å². The van der Waals surface area contributed by atoms with Crippen molar-refractivity contribution in [2.75, 3.05) is 6.26 Å². The highest BCUT2D eigenvalue weighted by molar-refractivity contribution is 7.90. The first-order chi connectivity index (χ1) is 12.3. The van der Waals surface area contributed by atoms with Crippen LogP contribution < -0.4 is 0 Å². The van der Waals surface area contributed by atoms with E-state index in [4.69, 9.17) is 16.9 Å². The van der Waals surface area contributed by atoms with Crippen molar-refractivity contribution in [3.63, 3.8) is 0 Å². The summed E-state index contributed by atoms with van der Waals surface area (Å²) in [5.41, 5.74) is 2.43. The Morgan fingerprint density at radius 1 is 1.12 bits per heavy atom. The highest BCUT2D eigenvalue weighted by Gasteiger charge is 2.16. The average Bonchev–Trinajstić information content (AvgIpc) is 3.07. The van der Waals surface area contributed by atoms with E-state index in [2.05, 4.69) is 5.10 Å². The summed E-state index contributed by atoms with van der Waals surface area (Å²) in [6.07, 6.45) is 1.13. The molecule has 0 saturated carbocycles. The standard InChI is InChI=1S/C18H12ClN3O3S/c1-26(24,25)15-8-4-13(5-9-15)17-10-16(18(19)23)21-22(17)14-6-2-12(11-20)3-7-14/h2-10H,1H3. The van der Waals surface area contributed by atoms with Crippen molar-refractivity contribution in [3.05, 3.63) is 65.9 Å². The van der Waals surface area contributed by atoms with Gasteiger partial charge in [-0.05, 0) is 54.1 Å². The number of benzene rings is 2. The Morgan fingerprint density at radius 2 is 1.73 bits per heavy atom. The van der Waals surface area contributed by atoms with Gasteiger partial charge in [-0.25, -0.2) is 13.1 Å². The number of hydrogen-bond acceptors (Lipinski definition) is 5. The van der Waals surface area contributed by atoms with Crippen LogP contribution in [0.1, 0.15) is 16.1 Å². The molecule has 0 unspecified atom stereocenters. The summed E-state index contributed by atoms with van der Waals surface area (Å²) in [5.74, 6) is 0. The van der Waals surface area contributed by atoms with Gasteiger partial charge >= 0.3 is 0 Å². The normalized spacial score (nSPS) is 11.1. The lowest BCUT2D eigenvalue weighted by Gasteiger charge is -2.08. The lowest BCUT2D eigenvalue weighted by atomic mass is 10.1. The van der Waals surface area contributed by atoms with Crippen molar-refractivity contribution in [2.24, 2.45) is 0 Å². The smallest absolute Gasteiger partial charge is 0.272 e. The fourth-order valence-corrected chi connectivity index (χ4v) is 3.15. The van der Waals surface area contributed by atoms with Crippen molar-refractivity contribution in [3.8, 4) is 23.0 Å². The summed E-state index contributed by atoms with van der Waals surface area (Å²) < 4.78 is 24.8. The lowest BCUT2D eigenvalue weighted by molar-refractivity contribution is 0.107. The van der Waals surface area contributed by atoms with Gasteiger partial charge in [0.05, 0.1) is 27.9 Å². The van der Waals surface area contributed by atoms with Crippen LogP contribution >= 0.6 is 11.6 Å². The van der Waals surface area contributed by atoms with Gasteiger partial charge < -0.3 is 0 Å². The molecule has 1 heterocycles. The van der Waals surface area contributed by atoms with Crippen molar-refractivity contribution in [2.45, 2.75) is 4.90 Å². The van der Waals surface area contributed by atoms with E-state index in [1.165, 1.54) is 22.9 Å². The molecular weight excluding hydrogens is 374 g/mol. The Balaban J connectivity index is 2.14. The SMILES string of the molecule is CS(=O)(=O)c1ccc(-c2cc(C(=O)Cl)nn2-c2ccc(C#N)cc2)cc1. The molecule has 0 spiro atoms. The Bertz CT molecular complexity index is 1130. The third-order valence-corrected chi connectivity index (χ3v) is 5.05. The highest BCUT2D eigenvalue weighted by atomic mass is 35.5. The number of carbonyl (C=O) groups is 1. The molecule has 0 aliphatic heterocycles. The topological polar surface area (TPSA) is 92.8 Å². The van der Waals surface area contributed by atoms with Crippen LogP contribution in [0.4, 0.5) is 0 Å². The van der Waals surface area contributed by atoms with Crippen molar-refractivity contribution >= 4 is 26.7 Å². The van der Waals surface area contributed by atoms with Crippen LogP contribution in [0.15, 0.2) is 59.5 Å². The van der Waals surface area contributed by atoms with Crippen LogP contribution in [0.5, 0.6) is 0 Å². The second-order valence-electron chi connectivity index (χ2n) is 5.56. The monoisotopic (exact) mass is 385 g/mol. The van der Waals surface area contributed by atoms with Crippen LogP contribution in [-0.2, 0) is 9.84 Å². The Labute approximate surface area is 155 Å². The van der Waals surface area contributed by atoms with E-state index in [1.807, 2.05) is 6.07 Å². The van der Waals surface area contributed by atoms with E-state index in [0.717, 1.165) is 6.26 Å². The third-order valence-electron chi connectivity index (χ3n) is 3.73. The summed E-state index contributed by atoms with van der Waals surface area (Å²) in [6, 6.07) is 16.5. The molecule has 0 amide bonds. The van der Waals surface area contributed by atoms with Crippen LogP contribution in [0.25, 0.3) is 16.9 Å². The molecule has 0 radical (unpaired) electrons. The van der Waals surface area contributed by atoms with Crippen molar-refractivity contribution in [1.29, 1.82) is 5.26 Å². The van der Waals surface area contributed by atoms with E-state index >= 15 is 0 Å². The number of sulfone groups is 1. The molecule has 130 valence electrons. The maximum atomic E-state index is 11.6. The first-order valence-corrected chi connectivity index (χ1v) is 9.67. The quantitative estimate of drug-likeness (QED) is 0.643. The molecule has 0 aliphatic rings. The van der Waals surface area contributed by atoms with Gasteiger partial charge in [-0.15, -0.1) is 0 Å². The summed E-state index contributed by atoms with van der Waals surface area (Å²) in [5, 5.41) is 12.4. The van der Waals surface area contributed by atoms with Gasteiger partial charge in [-0.2, -0.15) is 10.4 Å². The number of halogens is 1. The molecular formula is C18H12ClN3O3S. The summed E-state index contributed by atoms with van der Waals surface area (Å²) in [7, 11) is -3.31. The molecule has 3 aromatic rings. The number of rotatable bonds is 4. The molecule has 3 rings (SSSR count). The van der Waals surface area contributed by atoms with Gasteiger partial charge in [0.1, 0.15) is 5.69 Å². The minimum Gasteiger partial charge on any atom is -0.274 e. The number of carbonyl (C=O) groups excluding carboxylic acids is 1. The number of nitrogens with zero attached hydrogens (tertiary/aromatic N) is 3. The Morgan fingerprint density at radius 3 is 2.23 bits per heavy atom. The maximum Gasteiger partial charge on any atom is 0.272 e. The molecule has 0 bridgehead atoms. The lowest BCUT2D eigenvalue weighted by Crippen LogP contribution is -2.01. The van der Waals surface area contributed by atoms with E-state index < -0.39 is 15.1 Å². The van der Waals surface area contributed by atoms with E-state index in [1.54, 1.807) is 36.4 Å². The molecule has 0 atom stereocenters. The summed E-state index contributed by atoms with van der Waals surface area (Å²) in [4.78, 5) is 11.7. The zero-order valence-electron chi connectivity index (χ0n) is 13.5. The highest BCUT2D eigenvalue weighted by Crippen LogP contribution is 2.26. The van der Waals surface area contributed by atoms with Crippen LogP contribution in [0, 0.1) is 11.3 Å². The van der Waals surface area contributed by atoms with E-state index in [9.17, 15) is 13.2 Å².